The number of aromatic amines is 2. The number of aliphatic hydroxyl groups excluding tert-OH is 2. The van der Waals surface area contributed by atoms with Crippen LogP contribution in [0.15, 0.2) is 60.9 Å². The maximum Gasteiger partial charge on any atom is 0.181 e. The van der Waals surface area contributed by atoms with E-state index in [2.05, 4.69) is 77.8 Å². The van der Waals surface area contributed by atoms with Crippen LogP contribution in [0.25, 0.3) is 44.8 Å². The van der Waals surface area contributed by atoms with Gasteiger partial charge in [0.1, 0.15) is 23.0 Å². The standard InChI is InChI=1S/2C20H24FN5O/c2*1-12(2)10-13-11-26(9-7-16(13)27)17-6-5-15(21)19(23-17)18-14-4-3-8-22-20(14)25-24-18/h2*3-6,8,12-13,16,27H,7,9-11H2,1-2H3,(H,22,24,25)/t2*13-,16-/m10/s1. The summed E-state index contributed by atoms with van der Waals surface area (Å²) < 4.78 is 29.1. The van der Waals surface area contributed by atoms with Crippen molar-refractivity contribution < 1.29 is 19.0 Å². The lowest BCUT2D eigenvalue weighted by molar-refractivity contribution is 0.0763. The first-order chi connectivity index (χ1) is 26.0. The molecule has 12 nitrogen and oxygen atoms in total. The fraction of sp³-hybridized carbons (Fsp3) is 0.450. The van der Waals surface area contributed by atoms with E-state index < -0.39 is 11.6 Å². The fourth-order valence-electron chi connectivity index (χ4n) is 7.76. The van der Waals surface area contributed by atoms with E-state index in [-0.39, 0.29) is 35.4 Å². The average Bonchev–Trinajstić information content (AvgIpc) is 3.79. The third kappa shape index (κ3) is 8.04. The van der Waals surface area contributed by atoms with Crippen molar-refractivity contribution in [1.29, 1.82) is 0 Å². The van der Waals surface area contributed by atoms with Gasteiger partial charge in [0.05, 0.1) is 23.6 Å². The van der Waals surface area contributed by atoms with Crippen LogP contribution in [0.4, 0.5) is 20.4 Å². The van der Waals surface area contributed by atoms with Gasteiger partial charge in [0, 0.05) is 61.2 Å². The molecule has 0 amide bonds. The number of nitrogens with zero attached hydrogens (tertiary/aromatic N) is 8. The Kier molecular flexibility index (Phi) is 11.1. The molecule has 0 unspecified atom stereocenters. The van der Waals surface area contributed by atoms with Crippen molar-refractivity contribution in [2.45, 2.75) is 65.6 Å². The molecule has 8 rings (SSSR count). The van der Waals surface area contributed by atoms with E-state index in [1.165, 1.54) is 12.1 Å². The monoisotopic (exact) mass is 738 g/mol. The molecular formula is C40H48F2N10O2. The van der Waals surface area contributed by atoms with Crippen LogP contribution in [0.5, 0.6) is 0 Å². The van der Waals surface area contributed by atoms with Crippen LogP contribution in [0, 0.1) is 35.3 Å². The number of fused-ring (bicyclic) bond motifs is 2. The minimum absolute atomic E-state index is 0.200. The Hall–Kier alpha value is -5.08. The Morgan fingerprint density at radius 3 is 1.50 bits per heavy atom. The molecule has 0 aliphatic carbocycles. The molecule has 0 radical (unpaired) electrons. The van der Waals surface area contributed by atoms with E-state index in [4.69, 9.17) is 0 Å². The van der Waals surface area contributed by atoms with Gasteiger partial charge in [-0.1, -0.05) is 27.7 Å². The highest BCUT2D eigenvalue weighted by atomic mass is 19.1. The number of hydrogen-bond acceptors (Lipinski definition) is 10. The number of piperidine rings is 2. The summed E-state index contributed by atoms with van der Waals surface area (Å²) in [5.41, 5.74) is 2.64. The third-order valence-corrected chi connectivity index (χ3v) is 10.4. The third-order valence-electron chi connectivity index (χ3n) is 10.4. The zero-order valence-corrected chi connectivity index (χ0v) is 31.1. The summed E-state index contributed by atoms with van der Waals surface area (Å²) in [5.74, 6) is 2.08. The summed E-state index contributed by atoms with van der Waals surface area (Å²) in [7, 11) is 0. The first-order valence-corrected chi connectivity index (χ1v) is 18.8. The van der Waals surface area contributed by atoms with Gasteiger partial charge in [-0.05, 0) is 86.1 Å². The Bertz CT molecular complexity index is 2040. The highest BCUT2D eigenvalue weighted by molar-refractivity contribution is 5.90. The maximum absolute atomic E-state index is 14.5. The molecule has 0 aromatic carbocycles. The first-order valence-electron chi connectivity index (χ1n) is 18.8. The van der Waals surface area contributed by atoms with Gasteiger partial charge in [-0.2, -0.15) is 10.2 Å². The van der Waals surface area contributed by atoms with Crippen LogP contribution < -0.4 is 9.80 Å². The van der Waals surface area contributed by atoms with Gasteiger partial charge in [-0.3, -0.25) is 10.2 Å². The molecule has 54 heavy (non-hydrogen) atoms. The van der Waals surface area contributed by atoms with Gasteiger partial charge < -0.3 is 20.0 Å². The van der Waals surface area contributed by atoms with Crippen LogP contribution in [0.2, 0.25) is 0 Å². The molecule has 14 heteroatoms. The van der Waals surface area contributed by atoms with Gasteiger partial charge in [-0.25, -0.2) is 28.7 Å². The lowest BCUT2D eigenvalue weighted by atomic mass is 9.87. The molecule has 6 aromatic rings. The molecule has 2 fully saturated rings. The first kappa shape index (κ1) is 37.2. The predicted molar refractivity (Wildman–Crippen MR) is 206 cm³/mol. The lowest BCUT2D eigenvalue weighted by Crippen LogP contribution is -2.44. The number of hydrogen-bond donors (Lipinski definition) is 4. The van der Waals surface area contributed by atoms with Gasteiger partial charge in [-0.15, -0.1) is 0 Å². The molecule has 8 heterocycles. The molecule has 6 aromatic heterocycles. The fourth-order valence-corrected chi connectivity index (χ4v) is 7.76. The molecule has 284 valence electrons. The van der Waals surface area contributed by atoms with Crippen LogP contribution in [0.1, 0.15) is 53.4 Å². The SMILES string of the molecule is CC(C)C[C@@H]1CN(c2ccc(F)c(-c3[nH]nc4ncccc34)n2)CC[C@H]1O.CC(C)C[C@H]1CN(c2ccc(F)c(-c3[nH]nc4ncccc34)n2)CC[C@@H]1O. The predicted octanol–water partition coefficient (Wildman–Crippen LogP) is 6.78. The van der Waals surface area contributed by atoms with Crippen molar-refractivity contribution >= 4 is 33.7 Å². The summed E-state index contributed by atoms with van der Waals surface area (Å²) in [4.78, 5) is 21.8. The minimum atomic E-state index is -0.399. The van der Waals surface area contributed by atoms with E-state index in [9.17, 15) is 19.0 Å². The second kappa shape index (κ2) is 16.1. The quantitative estimate of drug-likeness (QED) is 0.131. The number of halogens is 2. The lowest BCUT2D eigenvalue weighted by Gasteiger charge is -2.37. The van der Waals surface area contributed by atoms with Crippen LogP contribution in [-0.2, 0) is 0 Å². The smallest absolute Gasteiger partial charge is 0.181 e. The van der Waals surface area contributed by atoms with E-state index in [1.807, 2.05) is 12.1 Å². The number of nitrogens with one attached hydrogen (secondary N) is 2. The highest BCUT2D eigenvalue weighted by Crippen LogP contribution is 2.33. The van der Waals surface area contributed by atoms with Crippen molar-refractivity contribution in [2.24, 2.45) is 23.7 Å². The second-order valence-electron chi connectivity index (χ2n) is 15.3. The summed E-state index contributed by atoms with van der Waals surface area (Å²) in [5, 5.41) is 36.2. The van der Waals surface area contributed by atoms with Gasteiger partial charge in [0.2, 0.25) is 0 Å². The highest BCUT2D eigenvalue weighted by Gasteiger charge is 2.31. The molecule has 0 spiro atoms. The molecule has 2 saturated heterocycles. The molecule has 2 aliphatic heterocycles. The number of anilines is 2. The molecule has 0 saturated carbocycles. The Labute approximate surface area is 313 Å². The molecule has 4 atom stereocenters. The summed E-state index contributed by atoms with van der Waals surface area (Å²) in [6.07, 6.45) is 6.05. The number of rotatable bonds is 8. The van der Waals surface area contributed by atoms with Crippen molar-refractivity contribution in [2.75, 3.05) is 36.0 Å². The zero-order chi connectivity index (χ0) is 37.9. The Morgan fingerprint density at radius 1 is 0.667 bits per heavy atom. The van der Waals surface area contributed by atoms with E-state index in [0.717, 1.165) is 48.3 Å². The molecular weight excluding hydrogens is 691 g/mol. The Balaban J connectivity index is 0.000000167. The molecule has 2 aliphatic rings. The minimum Gasteiger partial charge on any atom is -0.393 e. The molecule has 4 N–H and O–H groups in total. The van der Waals surface area contributed by atoms with Gasteiger partial charge >= 0.3 is 0 Å². The van der Waals surface area contributed by atoms with E-state index in [1.54, 1.807) is 36.7 Å². The topological polar surface area (TPSA) is 156 Å². The summed E-state index contributed by atoms with van der Waals surface area (Å²) in [6, 6.07) is 13.6. The summed E-state index contributed by atoms with van der Waals surface area (Å²) >= 11 is 0. The number of aliphatic hydroxyl groups is 2. The summed E-state index contributed by atoms with van der Waals surface area (Å²) in [6.45, 7) is 11.5. The average molecular weight is 739 g/mol. The number of pyridine rings is 4. The second-order valence-corrected chi connectivity index (χ2v) is 15.3. The van der Waals surface area contributed by atoms with Crippen LogP contribution in [-0.4, -0.2) is 88.9 Å². The van der Waals surface area contributed by atoms with Crippen molar-refractivity contribution in [1.82, 2.24) is 40.3 Å². The molecule has 0 bridgehead atoms. The van der Waals surface area contributed by atoms with Gasteiger partial charge in [0.25, 0.3) is 0 Å². The van der Waals surface area contributed by atoms with Crippen molar-refractivity contribution in [3.05, 3.63) is 72.6 Å². The largest absolute Gasteiger partial charge is 0.393 e. The van der Waals surface area contributed by atoms with Gasteiger partial charge in [0.15, 0.2) is 22.9 Å². The number of aromatic nitrogens is 8. The van der Waals surface area contributed by atoms with Crippen LogP contribution >= 0.6 is 0 Å². The van der Waals surface area contributed by atoms with Crippen LogP contribution in [0.3, 0.4) is 0 Å². The van der Waals surface area contributed by atoms with Crippen molar-refractivity contribution in [3.63, 3.8) is 0 Å². The van der Waals surface area contributed by atoms with E-state index >= 15 is 0 Å². The van der Waals surface area contributed by atoms with E-state index in [0.29, 0.717) is 60.4 Å². The normalized spacial score (nSPS) is 20.6. The Morgan fingerprint density at radius 2 is 1.09 bits per heavy atom. The zero-order valence-electron chi connectivity index (χ0n) is 31.1. The number of H-pyrrole nitrogens is 2. The maximum atomic E-state index is 14.5. The van der Waals surface area contributed by atoms with Crippen molar-refractivity contribution in [3.8, 4) is 22.8 Å².